The van der Waals surface area contributed by atoms with Crippen LogP contribution in [0.1, 0.15) is 32.8 Å². The van der Waals surface area contributed by atoms with Crippen LogP contribution in [0.4, 0.5) is 10.5 Å². The van der Waals surface area contributed by atoms with Gasteiger partial charge in [-0.15, -0.1) is 0 Å². The Bertz CT molecular complexity index is 614. The number of carbonyl (C=O) groups excluding carboxylic acids is 1. The van der Waals surface area contributed by atoms with Crippen molar-refractivity contribution in [3.63, 3.8) is 0 Å². The van der Waals surface area contributed by atoms with Crippen molar-refractivity contribution in [3.05, 3.63) is 23.0 Å². The maximum Gasteiger partial charge on any atom is 0.410 e. The largest absolute Gasteiger partial charge is 0.444 e. The summed E-state index contributed by atoms with van der Waals surface area (Å²) >= 11 is 6.01. The number of aryl methyl sites for hydroxylation is 1. The lowest BCUT2D eigenvalue weighted by Crippen LogP contribution is -2.65. The molecule has 0 aromatic carbocycles. The van der Waals surface area contributed by atoms with Gasteiger partial charge in [-0.25, -0.2) is 9.78 Å². The minimum atomic E-state index is -0.454. The van der Waals surface area contributed by atoms with Gasteiger partial charge in [-0.2, -0.15) is 0 Å². The van der Waals surface area contributed by atoms with Crippen molar-refractivity contribution in [2.45, 2.75) is 45.8 Å². The Labute approximate surface area is 142 Å². The van der Waals surface area contributed by atoms with Crippen LogP contribution in [0.3, 0.4) is 0 Å². The molecule has 0 radical (unpaired) electrons. The molecule has 0 unspecified atom stereocenters. The number of piperidine rings is 1. The summed E-state index contributed by atoms with van der Waals surface area (Å²) in [5.41, 5.74) is 1.61. The number of anilines is 1. The zero-order valence-corrected chi connectivity index (χ0v) is 14.9. The summed E-state index contributed by atoms with van der Waals surface area (Å²) in [4.78, 5) is 20.7. The second kappa shape index (κ2) is 5.86. The van der Waals surface area contributed by atoms with Gasteiger partial charge in [0.15, 0.2) is 0 Å². The number of amides is 1. The van der Waals surface area contributed by atoms with E-state index in [1.807, 2.05) is 38.8 Å². The van der Waals surface area contributed by atoms with Gasteiger partial charge in [0.2, 0.25) is 0 Å². The summed E-state index contributed by atoms with van der Waals surface area (Å²) in [7, 11) is 0. The topological polar surface area (TPSA) is 45.7 Å². The molecule has 2 saturated heterocycles. The number of ether oxygens (including phenoxy) is 1. The molecule has 0 N–H and O–H groups in total. The van der Waals surface area contributed by atoms with E-state index in [1.54, 1.807) is 0 Å². The standard InChI is InChI=1S/C17H24ClN3O2/c1-11-7-13(8-19-15(11)18)21-9-12-5-6-20(10-14(12)21)16(22)23-17(2,3)4/h7-8,12,14H,5-6,9-10H2,1-4H3/t12-,14-/m0/s1. The van der Waals surface area contributed by atoms with Crippen molar-refractivity contribution >= 4 is 23.4 Å². The molecular formula is C17H24ClN3O2. The van der Waals surface area contributed by atoms with Crippen molar-refractivity contribution in [2.75, 3.05) is 24.5 Å². The Morgan fingerprint density at radius 1 is 1.39 bits per heavy atom. The van der Waals surface area contributed by atoms with Gasteiger partial charge >= 0.3 is 6.09 Å². The number of hydrogen-bond donors (Lipinski definition) is 0. The van der Waals surface area contributed by atoms with E-state index in [4.69, 9.17) is 16.3 Å². The summed E-state index contributed by atoms with van der Waals surface area (Å²) in [6.45, 7) is 10.2. The van der Waals surface area contributed by atoms with E-state index in [-0.39, 0.29) is 6.09 Å². The van der Waals surface area contributed by atoms with E-state index in [9.17, 15) is 4.79 Å². The maximum atomic E-state index is 12.3. The Morgan fingerprint density at radius 3 is 2.78 bits per heavy atom. The Kier molecular flexibility index (Phi) is 4.17. The van der Waals surface area contributed by atoms with Crippen molar-refractivity contribution in [3.8, 4) is 0 Å². The molecule has 2 aliphatic rings. The highest BCUT2D eigenvalue weighted by Gasteiger charge is 2.44. The second-order valence-electron chi connectivity index (χ2n) is 7.50. The first-order valence-electron chi connectivity index (χ1n) is 8.11. The van der Waals surface area contributed by atoms with Gasteiger partial charge in [-0.3, -0.25) is 0 Å². The van der Waals surface area contributed by atoms with Gasteiger partial charge in [-0.05, 0) is 45.7 Å². The number of rotatable bonds is 1. The summed E-state index contributed by atoms with van der Waals surface area (Å²) in [5, 5.41) is 0.546. The average molecular weight is 338 g/mol. The zero-order chi connectivity index (χ0) is 16.8. The van der Waals surface area contributed by atoms with Crippen LogP contribution in [0.5, 0.6) is 0 Å². The van der Waals surface area contributed by atoms with Crippen LogP contribution in [0, 0.1) is 12.8 Å². The lowest BCUT2D eigenvalue weighted by atomic mass is 9.82. The molecule has 2 atom stereocenters. The molecule has 6 heteroatoms. The van der Waals surface area contributed by atoms with Gasteiger partial charge in [-0.1, -0.05) is 11.6 Å². The Morgan fingerprint density at radius 2 is 2.13 bits per heavy atom. The van der Waals surface area contributed by atoms with Gasteiger partial charge in [0.05, 0.1) is 17.9 Å². The van der Waals surface area contributed by atoms with Crippen LogP contribution >= 0.6 is 11.6 Å². The number of hydrogen-bond acceptors (Lipinski definition) is 4. The molecule has 0 aliphatic carbocycles. The third-order valence-electron chi connectivity index (χ3n) is 4.54. The van der Waals surface area contributed by atoms with Gasteiger partial charge in [0.25, 0.3) is 0 Å². The van der Waals surface area contributed by atoms with Gasteiger partial charge in [0.1, 0.15) is 10.8 Å². The van der Waals surface area contributed by atoms with E-state index in [2.05, 4.69) is 16.0 Å². The van der Waals surface area contributed by atoms with Crippen molar-refractivity contribution in [2.24, 2.45) is 5.92 Å². The fourth-order valence-corrected chi connectivity index (χ4v) is 3.39. The molecule has 126 valence electrons. The van der Waals surface area contributed by atoms with Crippen LogP contribution in [0.25, 0.3) is 0 Å². The van der Waals surface area contributed by atoms with Crippen LogP contribution in [0.15, 0.2) is 12.3 Å². The fourth-order valence-electron chi connectivity index (χ4n) is 3.29. The first-order chi connectivity index (χ1) is 10.7. The SMILES string of the molecule is Cc1cc(N2C[C@@H]3CCN(C(=O)OC(C)(C)C)C[C@@H]32)cnc1Cl. The van der Waals surface area contributed by atoms with Crippen molar-refractivity contribution in [1.29, 1.82) is 0 Å². The Hall–Kier alpha value is -1.49. The Balaban J connectivity index is 1.68. The number of aromatic nitrogens is 1. The number of carbonyl (C=O) groups is 1. The predicted octanol–water partition coefficient (Wildman–Crippen LogP) is 3.49. The summed E-state index contributed by atoms with van der Waals surface area (Å²) < 4.78 is 5.50. The zero-order valence-electron chi connectivity index (χ0n) is 14.2. The number of likely N-dealkylation sites (tertiary alicyclic amines) is 1. The van der Waals surface area contributed by atoms with Gasteiger partial charge in [0, 0.05) is 25.6 Å². The second-order valence-corrected chi connectivity index (χ2v) is 7.85. The monoisotopic (exact) mass is 337 g/mol. The number of halogens is 1. The number of nitrogens with zero attached hydrogens (tertiary/aromatic N) is 3. The van der Waals surface area contributed by atoms with E-state index >= 15 is 0 Å². The molecular weight excluding hydrogens is 314 g/mol. The molecule has 1 aromatic heterocycles. The third kappa shape index (κ3) is 3.39. The minimum Gasteiger partial charge on any atom is -0.444 e. The van der Waals surface area contributed by atoms with Crippen LogP contribution in [0.2, 0.25) is 5.15 Å². The molecule has 23 heavy (non-hydrogen) atoms. The van der Waals surface area contributed by atoms with E-state index in [0.717, 1.165) is 30.8 Å². The first kappa shape index (κ1) is 16.4. The number of fused-ring (bicyclic) bond motifs is 1. The minimum absolute atomic E-state index is 0.215. The molecule has 1 aromatic rings. The molecule has 2 fully saturated rings. The lowest BCUT2D eigenvalue weighted by molar-refractivity contribution is 0.0107. The lowest BCUT2D eigenvalue weighted by Gasteiger charge is -2.54. The van der Waals surface area contributed by atoms with E-state index in [0.29, 0.717) is 23.7 Å². The third-order valence-corrected chi connectivity index (χ3v) is 4.93. The smallest absolute Gasteiger partial charge is 0.410 e. The van der Waals surface area contributed by atoms with Crippen LogP contribution in [-0.4, -0.2) is 47.3 Å². The van der Waals surface area contributed by atoms with Gasteiger partial charge < -0.3 is 14.5 Å². The molecule has 0 saturated carbocycles. The van der Waals surface area contributed by atoms with Crippen LogP contribution < -0.4 is 4.90 Å². The molecule has 0 spiro atoms. The summed E-state index contributed by atoms with van der Waals surface area (Å²) in [5.74, 6) is 0.643. The molecule has 3 rings (SSSR count). The fraction of sp³-hybridized carbons (Fsp3) is 0.647. The first-order valence-corrected chi connectivity index (χ1v) is 8.49. The molecule has 5 nitrogen and oxygen atoms in total. The highest BCUT2D eigenvalue weighted by Crippen LogP contribution is 2.37. The molecule has 3 heterocycles. The average Bonchev–Trinajstić information content (AvgIpc) is 2.42. The maximum absolute atomic E-state index is 12.3. The van der Waals surface area contributed by atoms with Crippen LogP contribution in [-0.2, 0) is 4.74 Å². The highest BCUT2D eigenvalue weighted by molar-refractivity contribution is 6.30. The van der Waals surface area contributed by atoms with E-state index < -0.39 is 5.60 Å². The summed E-state index contributed by atoms with van der Waals surface area (Å²) in [6, 6.07) is 2.41. The predicted molar refractivity (Wildman–Crippen MR) is 91.0 cm³/mol. The van der Waals surface area contributed by atoms with Crippen molar-refractivity contribution < 1.29 is 9.53 Å². The number of pyridine rings is 1. The normalized spacial score (nSPS) is 24.0. The molecule has 1 amide bonds. The quantitative estimate of drug-likeness (QED) is 0.736. The summed E-state index contributed by atoms with van der Waals surface area (Å²) in [6.07, 6.45) is 2.63. The van der Waals surface area contributed by atoms with Crippen molar-refractivity contribution in [1.82, 2.24) is 9.88 Å². The molecule has 2 aliphatic heterocycles. The van der Waals surface area contributed by atoms with E-state index in [1.165, 1.54) is 0 Å². The molecule has 0 bridgehead atoms. The highest BCUT2D eigenvalue weighted by atomic mass is 35.5.